The predicted molar refractivity (Wildman–Crippen MR) is 45.8 cm³/mol. The van der Waals surface area contributed by atoms with Crippen LogP contribution in [-0.2, 0) is 11.8 Å². The Bertz CT molecular complexity index is 399. The van der Waals surface area contributed by atoms with Gasteiger partial charge in [-0.2, -0.15) is 5.10 Å². The van der Waals surface area contributed by atoms with E-state index in [0.29, 0.717) is 0 Å². The Morgan fingerprint density at radius 2 is 2.31 bits per heavy atom. The number of hydrogen-bond acceptors (Lipinski definition) is 4. The number of rotatable bonds is 1. The average Bonchev–Trinajstić information content (AvgIpc) is 2.10. The van der Waals surface area contributed by atoms with Crippen LogP contribution in [0.25, 0.3) is 0 Å². The smallest absolute Gasteiger partial charge is 0.360 e. The Labute approximate surface area is 78.9 Å². The van der Waals surface area contributed by atoms with Gasteiger partial charge in [-0.25, -0.2) is 9.48 Å². The zero-order chi connectivity index (χ0) is 10.0. The molecular formula is C7H7ClN2O3. The minimum Gasteiger partial charge on any atom is -0.464 e. The van der Waals surface area contributed by atoms with Crippen molar-refractivity contribution in [1.82, 2.24) is 9.78 Å². The molecule has 1 aromatic rings. The fourth-order valence-electron chi connectivity index (χ4n) is 0.752. The Balaban J connectivity index is 3.31. The molecule has 13 heavy (non-hydrogen) atoms. The van der Waals surface area contributed by atoms with Gasteiger partial charge in [0.25, 0.3) is 5.56 Å². The van der Waals surface area contributed by atoms with Crippen LogP contribution in [0.1, 0.15) is 10.5 Å². The molecule has 6 heteroatoms. The minimum absolute atomic E-state index is 0.00468. The number of hydrogen-bond donors (Lipinski definition) is 0. The van der Waals surface area contributed by atoms with Crippen molar-refractivity contribution in [1.29, 1.82) is 0 Å². The van der Waals surface area contributed by atoms with Crippen LogP contribution in [0, 0.1) is 0 Å². The molecule has 0 aliphatic carbocycles. The Hall–Kier alpha value is -1.36. The molecule has 0 fully saturated rings. The number of aryl methyl sites for hydroxylation is 1. The molecule has 1 aromatic heterocycles. The molecule has 0 aliphatic heterocycles. The van der Waals surface area contributed by atoms with E-state index in [4.69, 9.17) is 11.6 Å². The highest BCUT2D eigenvalue weighted by Crippen LogP contribution is 2.10. The summed E-state index contributed by atoms with van der Waals surface area (Å²) in [6.07, 6.45) is 0. The van der Waals surface area contributed by atoms with Crippen molar-refractivity contribution in [3.05, 3.63) is 27.1 Å². The lowest BCUT2D eigenvalue weighted by Gasteiger charge is -2.02. The standard InChI is InChI=1S/C7H7ClN2O3/c1-10-5(11)3-4(8)6(9-10)7(12)13-2/h3H,1-2H3. The summed E-state index contributed by atoms with van der Waals surface area (Å²) in [7, 11) is 2.64. The number of ether oxygens (including phenoxy) is 1. The SMILES string of the molecule is COC(=O)c1nn(C)c(=O)cc1Cl. The average molecular weight is 203 g/mol. The Morgan fingerprint density at radius 3 is 2.85 bits per heavy atom. The van der Waals surface area contributed by atoms with Crippen molar-refractivity contribution in [2.75, 3.05) is 7.11 Å². The summed E-state index contributed by atoms with van der Waals surface area (Å²) < 4.78 is 5.42. The van der Waals surface area contributed by atoms with Gasteiger partial charge in [0.15, 0.2) is 5.69 Å². The highest BCUT2D eigenvalue weighted by Gasteiger charge is 2.13. The number of nitrogens with zero attached hydrogens (tertiary/aromatic N) is 2. The van der Waals surface area contributed by atoms with Gasteiger partial charge in [0.1, 0.15) is 0 Å². The fraction of sp³-hybridized carbons (Fsp3) is 0.286. The van der Waals surface area contributed by atoms with Crippen molar-refractivity contribution in [2.24, 2.45) is 7.05 Å². The normalized spacial score (nSPS) is 9.77. The third-order valence-electron chi connectivity index (χ3n) is 1.42. The number of carbonyl (C=O) groups is 1. The van der Waals surface area contributed by atoms with Crippen LogP contribution >= 0.6 is 11.6 Å². The first-order valence-corrected chi connectivity index (χ1v) is 3.76. The first kappa shape index (κ1) is 9.73. The van der Waals surface area contributed by atoms with E-state index in [-0.39, 0.29) is 16.3 Å². The van der Waals surface area contributed by atoms with Crippen molar-refractivity contribution in [3.63, 3.8) is 0 Å². The van der Waals surface area contributed by atoms with E-state index >= 15 is 0 Å². The quantitative estimate of drug-likeness (QED) is 0.612. The van der Waals surface area contributed by atoms with Gasteiger partial charge in [0.05, 0.1) is 12.1 Å². The van der Waals surface area contributed by atoms with Crippen LogP contribution in [0.3, 0.4) is 0 Å². The van der Waals surface area contributed by atoms with E-state index in [1.165, 1.54) is 14.2 Å². The van der Waals surface area contributed by atoms with Gasteiger partial charge < -0.3 is 4.74 Å². The molecule has 0 radical (unpaired) electrons. The van der Waals surface area contributed by atoms with Crippen LogP contribution < -0.4 is 5.56 Å². The van der Waals surface area contributed by atoms with Gasteiger partial charge in [0, 0.05) is 13.1 Å². The lowest BCUT2D eigenvalue weighted by atomic mass is 10.4. The Kier molecular flexibility index (Phi) is 2.67. The summed E-state index contributed by atoms with van der Waals surface area (Å²) in [6, 6.07) is 1.11. The topological polar surface area (TPSA) is 61.2 Å². The first-order chi connectivity index (χ1) is 6.06. The number of aromatic nitrogens is 2. The van der Waals surface area contributed by atoms with Crippen molar-refractivity contribution < 1.29 is 9.53 Å². The molecule has 1 heterocycles. The number of esters is 1. The van der Waals surface area contributed by atoms with Crippen LogP contribution in [0.4, 0.5) is 0 Å². The molecule has 0 spiro atoms. The molecule has 70 valence electrons. The molecule has 0 bridgehead atoms. The van der Waals surface area contributed by atoms with Gasteiger partial charge in [-0.3, -0.25) is 4.79 Å². The largest absolute Gasteiger partial charge is 0.464 e. The maximum absolute atomic E-state index is 11.0. The van der Waals surface area contributed by atoms with Gasteiger partial charge in [0.2, 0.25) is 0 Å². The summed E-state index contributed by atoms with van der Waals surface area (Å²) in [5.74, 6) is -0.666. The second kappa shape index (κ2) is 3.57. The van der Waals surface area contributed by atoms with Crippen molar-refractivity contribution >= 4 is 17.6 Å². The molecule has 0 unspecified atom stereocenters. The number of methoxy groups -OCH3 is 1. The van der Waals surface area contributed by atoms with Crippen LogP contribution in [0.5, 0.6) is 0 Å². The molecular weight excluding hydrogens is 196 g/mol. The lowest BCUT2D eigenvalue weighted by Crippen LogP contribution is -2.22. The van der Waals surface area contributed by atoms with Gasteiger partial charge in [-0.1, -0.05) is 11.6 Å². The van der Waals surface area contributed by atoms with Crippen LogP contribution in [0.15, 0.2) is 10.9 Å². The second-order valence-electron chi connectivity index (χ2n) is 2.29. The fourth-order valence-corrected chi connectivity index (χ4v) is 0.961. The first-order valence-electron chi connectivity index (χ1n) is 3.38. The third-order valence-corrected chi connectivity index (χ3v) is 1.71. The van der Waals surface area contributed by atoms with E-state index in [2.05, 4.69) is 9.84 Å². The zero-order valence-electron chi connectivity index (χ0n) is 7.07. The number of halogens is 1. The van der Waals surface area contributed by atoms with E-state index in [1.807, 2.05) is 0 Å². The van der Waals surface area contributed by atoms with E-state index < -0.39 is 5.97 Å². The highest BCUT2D eigenvalue weighted by molar-refractivity contribution is 6.33. The molecule has 0 amide bonds. The van der Waals surface area contributed by atoms with Crippen LogP contribution in [0.2, 0.25) is 5.02 Å². The zero-order valence-corrected chi connectivity index (χ0v) is 7.83. The summed E-state index contributed by atoms with van der Waals surface area (Å²) in [4.78, 5) is 22.0. The third kappa shape index (κ3) is 1.86. The van der Waals surface area contributed by atoms with Crippen molar-refractivity contribution in [3.8, 4) is 0 Å². The summed E-state index contributed by atoms with van der Waals surface area (Å²) in [5.41, 5.74) is -0.441. The van der Waals surface area contributed by atoms with Gasteiger partial charge in [-0.05, 0) is 0 Å². The molecule has 0 aliphatic rings. The van der Waals surface area contributed by atoms with Gasteiger partial charge >= 0.3 is 5.97 Å². The molecule has 1 rings (SSSR count). The summed E-state index contributed by atoms with van der Waals surface area (Å²) in [6.45, 7) is 0. The molecule has 0 N–H and O–H groups in total. The lowest BCUT2D eigenvalue weighted by molar-refractivity contribution is 0.0591. The number of carbonyl (C=O) groups excluding carboxylic acids is 1. The Morgan fingerprint density at radius 1 is 1.69 bits per heavy atom. The highest BCUT2D eigenvalue weighted by atomic mass is 35.5. The summed E-state index contributed by atoms with van der Waals surface area (Å²) in [5, 5.41) is 3.64. The van der Waals surface area contributed by atoms with Gasteiger partial charge in [-0.15, -0.1) is 0 Å². The van der Waals surface area contributed by atoms with E-state index in [1.54, 1.807) is 0 Å². The molecule has 0 aromatic carbocycles. The maximum atomic E-state index is 11.0. The molecule has 5 nitrogen and oxygen atoms in total. The second-order valence-corrected chi connectivity index (χ2v) is 2.70. The maximum Gasteiger partial charge on any atom is 0.360 e. The van der Waals surface area contributed by atoms with E-state index in [0.717, 1.165) is 10.7 Å². The van der Waals surface area contributed by atoms with Crippen LogP contribution in [-0.4, -0.2) is 22.9 Å². The molecule has 0 saturated heterocycles. The van der Waals surface area contributed by atoms with Crippen molar-refractivity contribution in [2.45, 2.75) is 0 Å². The molecule has 0 saturated carbocycles. The molecule has 0 atom stereocenters. The minimum atomic E-state index is -0.666. The van der Waals surface area contributed by atoms with E-state index in [9.17, 15) is 9.59 Å². The summed E-state index contributed by atoms with van der Waals surface area (Å²) >= 11 is 5.60. The predicted octanol–water partition coefficient (Wildman–Crippen LogP) is 0.220. The monoisotopic (exact) mass is 202 g/mol.